The number of aromatic nitrogens is 12. The lowest BCUT2D eigenvalue weighted by Crippen LogP contribution is -2.10. The van der Waals surface area contributed by atoms with Gasteiger partial charge in [0, 0.05) is 36.3 Å². The Hall–Kier alpha value is -8.09. The molecule has 0 saturated heterocycles. The molecule has 0 spiro atoms. The Labute approximate surface area is 363 Å². The van der Waals surface area contributed by atoms with Crippen LogP contribution in [0.4, 0.5) is 17.8 Å². The minimum absolute atomic E-state index is 0.303. The van der Waals surface area contributed by atoms with Crippen molar-refractivity contribution in [3.05, 3.63) is 148 Å². The summed E-state index contributed by atoms with van der Waals surface area (Å²) in [6, 6.07) is 34.0. The van der Waals surface area contributed by atoms with Crippen molar-refractivity contribution in [2.75, 3.05) is 30.2 Å². The molecule has 3 aromatic heterocycles. The molecule has 0 aliphatic rings. The van der Waals surface area contributed by atoms with Crippen LogP contribution in [0.2, 0.25) is 0 Å². The molecule has 63 heavy (non-hydrogen) atoms. The number of tetrazole rings is 3. The van der Waals surface area contributed by atoms with Crippen LogP contribution in [0, 0.1) is 13.8 Å². The number of aryl methyl sites for hydroxylation is 4. The van der Waals surface area contributed by atoms with Crippen molar-refractivity contribution >= 4 is 17.8 Å². The quantitative estimate of drug-likeness (QED) is 0.0649. The van der Waals surface area contributed by atoms with E-state index >= 15 is 0 Å². The van der Waals surface area contributed by atoms with E-state index in [9.17, 15) is 0 Å². The van der Waals surface area contributed by atoms with Crippen molar-refractivity contribution in [3.8, 4) is 28.7 Å². The van der Waals surface area contributed by atoms with E-state index in [0.717, 1.165) is 56.0 Å². The van der Waals surface area contributed by atoms with Crippen LogP contribution in [-0.2, 0) is 45.8 Å². The van der Waals surface area contributed by atoms with Crippen molar-refractivity contribution in [2.45, 2.75) is 59.7 Å². The Morgan fingerprint density at radius 3 is 2.13 bits per heavy atom. The summed E-state index contributed by atoms with van der Waals surface area (Å²) in [5.74, 6) is 3.56. The van der Waals surface area contributed by atoms with Gasteiger partial charge >= 0.3 is 0 Å². The maximum Gasteiger partial charge on any atom is 0.264 e. The zero-order valence-corrected chi connectivity index (χ0v) is 35.3. The van der Waals surface area contributed by atoms with Crippen molar-refractivity contribution in [1.29, 1.82) is 0 Å². The van der Waals surface area contributed by atoms with E-state index in [1.54, 1.807) is 19.0 Å². The Balaban J connectivity index is 0.954. The first kappa shape index (κ1) is 41.6. The Morgan fingerprint density at radius 1 is 0.587 bits per heavy atom. The zero-order chi connectivity index (χ0) is 43.4. The fraction of sp³-hybridized carbons (Fsp3) is 0.250. The summed E-state index contributed by atoms with van der Waals surface area (Å²) in [6.45, 7) is 6.55. The van der Waals surface area contributed by atoms with Gasteiger partial charge in [-0.2, -0.15) is 10.0 Å². The van der Waals surface area contributed by atoms with Gasteiger partial charge in [-0.3, -0.25) is 0 Å². The van der Waals surface area contributed by atoms with E-state index in [-0.39, 0.29) is 0 Å². The van der Waals surface area contributed by atoms with Crippen LogP contribution in [-0.4, -0.2) is 75.3 Å². The van der Waals surface area contributed by atoms with Gasteiger partial charge in [-0.15, -0.1) is 20.1 Å². The number of H-pyrrole nitrogens is 1. The summed E-state index contributed by atoms with van der Waals surface area (Å²) in [6.07, 6.45) is 0.661. The average molecular weight is 850 g/mol. The lowest BCUT2D eigenvalue weighted by Gasteiger charge is -2.18. The molecular weight excluding hydrogens is 803 g/mol. The number of anilines is 3. The molecule has 0 bridgehead atoms. The third-order valence-electron chi connectivity index (χ3n) is 10.1. The first-order chi connectivity index (χ1) is 30.9. The topological polar surface area (TPSA) is 215 Å². The van der Waals surface area contributed by atoms with Crippen LogP contribution >= 0.6 is 0 Å². The summed E-state index contributed by atoms with van der Waals surface area (Å²) in [4.78, 5) is 2.98. The molecule has 19 nitrogen and oxygen atoms in total. The van der Waals surface area contributed by atoms with Crippen LogP contribution < -0.4 is 34.9 Å². The predicted octanol–water partition coefficient (Wildman–Crippen LogP) is 6.03. The van der Waals surface area contributed by atoms with E-state index in [1.807, 2.05) is 91.9 Å². The molecular formula is C44H47N15O4. The standard InChI is InChI=1S/C44H47N15O4/c1-29-14-18-39(62-27-32-11-6-5-7-12-32)35(22-29)25-47-44-51-57-59(53-44)37-17-16-33(40(41(37)61-4)63-28-34-13-9-8-10-30(34)2)24-46-43-50-56-58(52-43)21-20-31-15-19-38(60-3)36(23-31)26-45-42-48-54-55-49-42/h5-19,22-23H,20-21,24-28H2,1-4H3,(H,46,52)(H,47,53)(H2,45,48,49,54,55). The van der Waals surface area contributed by atoms with E-state index in [2.05, 4.69) is 92.5 Å². The van der Waals surface area contributed by atoms with Crippen molar-refractivity contribution in [2.24, 2.45) is 0 Å². The largest absolute Gasteiger partial charge is 0.496 e. The van der Waals surface area contributed by atoms with Gasteiger partial charge in [-0.25, -0.2) is 0 Å². The molecule has 8 rings (SSSR count). The molecule has 0 unspecified atom stereocenters. The molecule has 0 atom stereocenters. The van der Waals surface area contributed by atoms with Crippen molar-refractivity contribution in [3.63, 3.8) is 0 Å². The lowest BCUT2D eigenvalue weighted by atomic mass is 10.1. The third kappa shape index (κ3) is 10.6. The maximum atomic E-state index is 6.55. The summed E-state index contributed by atoms with van der Waals surface area (Å²) in [7, 11) is 3.23. The van der Waals surface area contributed by atoms with Gasteiger partial charge in [-0.1, -0.05) is 106 Å². The monoisotopic (exact) mass is 849 g/mol. The van der Waals surface area contributed by atoms with Gasteiger partial charge in [0.15, 0.2) is 11.5 Å². The number of hydrogen-bond acceptors (Lipinski definition) is 16. The molecule has 0 radical (unpaired) electrons. The number of nitrogens with zero attached hydrogens (tertiary/aromatic N) is 11. The minimum Gasteiger partial charge on any atom is -0.496 e. The molecule has 0 saturated carbocycles. The molecule has 3 heterocycles. The van der Waals surface area contributed by atoms with Crippen LogP contribution in [0.1, 0.15) is 44.5 Å². The van der Waals surface area contributed by atoms with E-state index in [4.69, 9.17) is 18.9 Å². The molecule has 4 N–H and O–H groups in total. The maximum absolute atomic E-state index is 6.55. The van der Waals surface area contributed by atoms with Gasteiger partial charge in [-0.05, 0) is 76.4 Å². The molecule has 322 valence electrons. The Morgan fingerprint density at radius 2 is 1.33 bits per heavy atom. The fourth-order valence-electron chi connectivity index (χ4n) is 6.80. The van der Waals surface area contributed by atoms with Crippen molar-refractivity contribution < 1.29 is 18.9 Å². The van der Waals surface area contributed by atoms with Gasteiger partial charge in [0.1, 0.15) is 30.4 Å². The average Bonchev–Trinajstić information content (AvgIpc) is 4.12. The minimum atomic E-state index is 0.303. The number of aromatic amines is 1. The lowest BCUT2D eigenvalue weighted by molar-refractivity contribution is 0.280. The number of rotatable bonds is 21. The van der Waals surface area contributed by atoms with Crippen LogP contribution in [0.25, 0.3) is 5.69 Å². The number of benzene rings is 5. The van der Waals surface area contributed by atoms with E-state index in [1.165, 1.54) is 4.80 Å². The third-order valence-corrected chi connectivity index (χ3v) is 10.1. The Kier molecular flexibility index (Phi) is 13.2. The molecule has 0 aliphatic carbocycles. The molecule has 8 aromatic rings. The van der Waals surface area contributed by atoms with E-state index < -0.39 is 0 Å². The first-order valence-electron chi connectivity index (χ1n) is 20.2. The second-order valence-electron chi connectivity index (χ2n) is 14.5. The normalized spacial score (nSPS) is 11.0. The first-order valence-corrected chi connectivity index (χ1v) is 20.2. The SMILES string of the molecule is COc1ccc(CCn2nnc(NCc3ccc(-n4nnc(NCc5cc(C)ccc5OCc5ccccc5)n4)c(OC)c3OCc3ccccc3C)n2)cc1CNc1nn[nH]n1. The molecule has 0 amide bonds. The molecule has 0 fully saturated rings. The number of nitrogens with one attached hydrogen (secondary N) is 4. The molecule has 0 aliphatic heterocycles. The molecule has 19 heteroatoms. The summed E-state index contributed by atoms with van der Waals surface area (Å²) >= 11 is 0. The summed E-state index contributed by atoms with van der Waals surface area (Å²) < 4.78 is 24.3. The molecule has 5 aromatic carbocycles. The summed E-state index contributed by atoms with van der Waals surface area (Å²) in [5, 5.41) is 50.1. The Bertz CT molecular complexity index is 2720. The number of methoxy groups -OCH3 is 2. The van der Waals surface area contributed by atoms with Gasteiger partial charge < -0.3 is 34.9 Å². The van der Waals surface area contributed by atoms with Crippen LogP contribution in [0.15, 0.2) is 103 Å². The van der Waals surface area contributed by atoms with Gasteiger partial charge in [0.05, 0.1) is 20.8 Å². The highest BCUT2D eigenvalue weighted by Crippen LogP contribution is 2.38. The van der Waals surface area contributed by atoms with Gasteiger partial charge in [0.25, 0.3) is 17.8 Å². The second kappa shape index (κ2) is 20.0. The van der Waals surface area contributed by atoms with Crippen molar-refractivity contribution in [1.82, 2.24) is 61.0 Å². The number of ether oxygens (including phenoxy) is 4. The number of hydrogen-bond donors (Lipinski definition) is 4. The second-order valence-corrected chi connectivity index (χ2v) is 14.5. The highest BCUT2D eigenvalue weighted by molar-refractivity contribution is 5.59. The fourth-order valence-corrected chi connectivity index (χ4v) is 6.80. The van der Waals surface area contributed by atoms with E-state index in [0.29, 0.717) is 80.8 Å². The van der Waals surface area contributed by atoms with Crippen LogP contribution in [0.3, 0.4) is 0 Å². The highest BCUT2D eigenvalue weighted by atomic mass is 16.5. The summed E-state index contributed by atoms with van der Waals surface area (Å²) in [5.41, 5.74) is 8.67. The van der Waals surface area contributed by atoms with Gasteiger partial charge in [0.2, 0.25) is 0 Å². The van der Waals surface area contributed by atoms with Crippen LogP contribution in [0.5, 0.6) is 23.0 Å². The smallest absolute Gasteiger partial charge is 0.264 e. The highest BCUT2D eigenvalue weighted by Gasteiger charge is 2.21. The zero-order valence-electron chi connectivity index (χ0n) is 35.3. The predicted molar refractivity (Wildman–Crippen MR) is 234 cm³/mol.